The first-order chi connectivity index (χ1) is 10.3. The molecule has 0 radical (unpaired) electrons. The summed E-state index contributed by atoms with van der Waals surface area (Å²) in [6.07, 6.45) is 6.83. The van der Waals surface area contributed by atoms with Crippen LogP contribution in [0.25, 0.3) is 6.08 Å². The number of amides is 1. The highest BCUT2D eigenvalue weighted by Gasteiger charge is 2.30. The predicted octanol–water partition coefficient (Wildman–Crippen LogP) is 2.78. The summed E-state index contributed by atoms with van der Waals surface area (Å²) in [4.78, 5) is 22.7. The number of hydrogen-bond acceptors (Lipinski definition) is 5. The highest BCUT2D eigenvalue weighted by molar-refractivity contribution is 8.13. The molecule has 0 spiro atoms. The van der Waals surface area contributed by atoms with E-state index in [1.54, 1.807) is 35.6 Å². The maximum atomic E-state index is 12.5. The van der Waals surface area contributed by atoms with Gasteiger partial charge in [-0.05, 0) is 30.5 Å². The number of thioether (sulfide) groups is 1. The quantitative estimate of drug-likeness (QED) is 0.818. The summed E-state index contributed by atoms with van der Waals surface area (Å²) in [5.74, 6) is 0.476. The van der Waals surface area contributed by atoms with Gasteiger partial charge in [0.05, 0.1) is 18.5 Å². The maximum absolute atomic E-state index is 12.5. The Labute approximate surface area is 126 Å². The van der Waals surface area contributed by atoms with Crippen molar-refractivity contribution in [2.45, 2.75) is 6.54 Å². The molecule has 3 rings (SSSR count). The molecule has 1 aliphatic rings. The molecule has 0 aromatic carbocycles. The first-order valence-corrected chi connectivity index (χ1v) is 7.60. The lowest BCUT2D eigenvalue weighted by Crippen LogP contribution is -2.30. The maximum Gasteiger partial charge on any atom is 0.279 e. The van der Waals surface area contributed by atoms with Crippen molar-refractivity contribution in [2.24, 2.45) is 4.99 Å². The molecular weight excluding hydrogens is 286 g/mol. The lowest BCUT2D eigenvalue weighted by molar-refractivity contribution is -0.122. The molecule has 106 valence electrons. The highest BCUT2D eigenvalue weighted by Crippen LogP contribution is 2.24. The van der Waals surface area contributed by atoms with Crippen LogP contribution in [0.4, 0.5) is 0 Å². The van der Waals surface area contributed by atoms with Crippen LogP contribution >= 0.6 is 11.8 Å². The average molecular weight is 299 g/mol. The number of nitrogens with zero attached hydrogens (tertiary/aromatic N) is 3. The summed E-state index contributed by atoms with van der Waals surface area (Å²) in [5, 5.41) is 0.670. The van der Waals surface area contributed by atoms with Crippen LogP contribution < -0.4 is 0 Å². The molecule has 0 saturated heterocycles. The number of aliphatic imine (C=N–C) groups is 1. The van der Waals surface area contributed by atoms with Crippen molar-refractivity contribution >= 4 is 28.9 Å². The van der Waals surface area contributed by atoms with Crippen molar-refractivity contribution in [3.05, 3.63) is 59.9 Å². The highest BCUT2D eigenvalue weighted by atomic mass is 32.2. The monoisotopic (exact) mass is 299 g/mol. The standard InChI is InChI=1S/C15H13N3O2S/c1-21-15-17-13(9-12-6-4-8-20-12)14(19)18(15)10-11-5-2-3-7-16-11/h2-9H,10H2,1H3/b13-9-. The van der Waals surface area contributed by atoms with E-state index < -0.39 is 0 Å². The Morgan fingerprint density at radius 2 is 2.24 bits per heavy atom. The zero-order valence-corrected chi connectivity index (χ0v) is 12.2. The Balaban J connectivity index is 1.86. The minimum atomic E-state index is -0.138. The Morgan fingerprint density at radius 3 is 2.90 bits per heavy atom. The first-order valence-electron chi connectivity index (χ1n) is 6.37. The van der Waals surface area contributed by atoms with Gasteiger partial charge in [-0.1, -0.05) is 17.8 Å². The van der Waals surface area contributed by atoms with E-state index in [-0.39, 0.29) is 5.91 Å². The first kappa shape index (κ1) is 13.6. The summed E-state index contributed by atoms with van der Waals surface area (Å²) in [6, 6.07) is 9.20. The van der Waals surface area contributed by atoms with Gasteiger partial charge in [-0.2, -0.15) is 0 Å². The van der Waals surface area contributed by atoms with E-state index >= 15 is 0 Å². The number of rotatable bonds is 3. The lowest BCUT2D eigenvalue weighted by Gasteiger charge is -2.15. The van der Waals surface area contributed by atoms with Crippen molar-refractivity contribution in [3.63, 3.8) is 0 Å². The second kappa shape index (κ2) is 5.97. The Hall–Kier alpha value is -2.34. The van der Waals surface area contributed by atoms with Crippen molar-refractivity contribution in [1.29, 1.82) is 0 Å². The zero-order chi connectivity index (χ0) is 14.7. The van der Waals surface area contributed by atoms with E-state index in [0.29, 0.717) is 23.2 Å². The van der Waals surface area contributed by atoms with Crippen molar-refractivity contribution in [2.75, 3.05) is 6.26 Å². The van der Waals surface area contributed by atoms with Gasteiger partial charge in [0.25, 0.3) is 5.91 Å². The third kappa shape index (κ3) is 2.90. The van der Waals surface area contributed by atoms with E-state index in [0.717, 1.165) is 5.69 Å². The topological polar surface area (TPSA) is 58.7 Å². The number of carbonyl (C=O) groups is 1. The molecule has 5 nitrogen and oxygen atoms in total. The summed E-state index contributed by atoms with van der Waals surface area (Å²) in [7, 11) is 0. The van der Waals surface area contributed by atoms with Gasteiger partial charge in [0.1, 0.15) is 11.5 Å². The Morgan fingerprint density at radius 1 is 1.33 bits per heavy atom. The van der Waals surface area contributed by atoms with E-state index in [2.05, 4.69) is 9.98 Å². The number of carbonyl (C=O) groups excluding carboxylic acids is 1. The molecule has 0 bridgehead atoms. The third-order valence-electron chi connectivity index (χ3n) is 2.96. The van der Waals surface area contributed by atoms with Crippen LogP contribution in [0.3, 0.4) is 0 Å². The van der Waals surface area contributed by atoms with Crippen LogP contribution in [0.1, 0.15) is 11.5 Å². The molecule has 1 amide bonds. The summed E-state index contributed by atoms with van der Waals surface area (Å²) >= 11 is 1.44. The summed E-state index contributed by atoms with van der Waals surface area (Å²) < 4.78 is 5.23. The number of aromatic nitrogens is 1. The molecule has 0 atom stereocenters. The van der Waals surface area contributed by atoms with Crippen LogP contribution in [0.2, 0.25) is 0 Å². The second-order valence-electron chi connectivity index (χ2n) is 4.36. The normalized spacial score (nSPS) is 16.6. The fraction of sp³-hybridized carbons (Fsp3) is 0.133. The van der Waals surface area contributed by atoms with Gasteiger partial charge >= 0.3 is 0 Å². The minimum Gasteiger partial charge on any atom is -0.465 e. The lowest BCUT2D eigenvalue weighted by atomic mass is 10.3. The van der Waals surface area contributed by atoms with Gasteiger partial charge < -0.3 is 4.42 Å². The Bertz CT molecular complexity index is 693. The minimum absolute atomic E-state index is 0.138. The summed E-state index contributed by atoms with van der Waals surface area (Å²) in [5.41, 5.74) is 1.21. The average Bonchev–Trinajstić information content (AvgIpc) is 3.12. The molecule has 0 unspecified atom stereocenters. The fourth-order valence-corrected chi connectivity index (χ4v) is 2.54. The van der Waals surface area contributed by atoms with E-state index in [9.17, 15) is 4.79 Å². The van der Waals surface area contributed by atoms with E-state index in [1.165, 1.54) is 11.8 Å². The molecule has 2 aromatic heterocycles. The largest absolute Gasteiger partial charge is 0.465 e. The molecule has 0 saturated carbocycles. The molecule has 1 aliphatic heterocycles. The van der Waals surface area contributed by atoms with Gasteiger partial charge in [0.15, 0.2) is 5.17 Å². The molecule has 0 fully saturated rings. The van der Waals surface area contributed by atoms with Gasteiger partial charge in [0, 0.05) is 12.3 Å². The third-order valence-corrected chi connectivity index (χ3v) is 3.64. The van der Waals surface area contributed by atoms with Crippen LogP contribution in [0.5, 0.6) is 0 Å². The SMILES string of the molecule is CSC1=N/C(=C\c2ccco2)C(=O)N1Cc1ccccn1. The van der Waals surface area contributed by atoms with Crippen LogP contribution in [0, 0.1) is 0 Å². The van der Waals surface area contributed by atoms with E-state index in [4.69, 9.17) is 4.42 Å². The Kier molecular flexibility index (Phi) is 3.87. The molecule has 0 N–H and O–H groups in total. The molecule has 0 aliphatic carbocycles. The smallest absolute Gasteiger partial charge is 0.279 e. The van der Waals surface area contributed by atoms with Gasteiger partial charge in [0.2, 0.25) is 0 Å². The fourth-order valence-electron chi connectivity index (χ4n) is 1.99. The second-order valence-corrected chi connectivity index (χ2v) is 5.13. The molecule has 3 heterocycles. The molecule has 21 heavy (non-hydrogen) atoms. The van der Waals surface area contributed by atoms with Crippen molar-refractivity contribution < 1.29 is 9.21 Å². The molecular formula is C15H13N3O2S. The van der Waals surface area contributed by atoms with Crippen LogP contribution in [0.15, 0.2) is 57.9 Å². The van der Waals surface area contributed by atoms with Crippen molar-refractivity contribution in [1.82, 2.24) is 9.88 Å². The van der Waals surface area contributed by atoms with Crippen LogP contribution in [-0.4, -0.2) is 27.2 Å². The molecule has 2 aromatic rings. The summed E-state index contributed by atoms with van der Waals surface area (Å²) in [6.45, 7) is 0.412. The zero-order valence-electron chi connectivity index (χ0n) is 11.4. The van der Waals surface area contributed by atoms with Gasteiger partial charge in [-0.3, -0.25) is 14.7 Å². The van der Waals surface area contributed by atoms with Crippen molar-refractivity contribution in [3.8, 4) is 0 Å². The number of pyridine rings is 1. The van der Waals surface area contributed by atoms with Gasteiger partial charge in [-0.25, -0.2) is 4.99 Å². The van der Waals surface area contributed by atoms with Crippen LogP contribution in [-0.2, 0) is 11.3 Å². The number of hydrogen-bond donors (Lipinski definition) is 0. The van der Waals surface area contributed by atoms with E-state index in [1.807, 2.05) is 24.5 Å². The predicted molar refractivity (Wildman–Crippen MR) is 82.4 cm³/mol. The molecule has 6 heteroatoms. The number of furan rings is 1. The number of amidine groups is 1. The van der Waals surface area contributed by atoms with Gasteiger partial charge in [-0.15, -0.1) is 0 Å².